The van der Waals surface area contributed by atoms with E-state index in [1.54, 1.807) is 17.0 Å². The average Bonchev–Trinajstić information content (AvgIpc) is 2.99. The minimum Gasteiger partial charge on any atom is -0.493 e. The second kappa shape index (κ2) is 8.86. The van der Waals surface area contributed by atoms with Crippen LogP contribution >= 0.6 is 0 Å². The molecule has 10 heteroatoms. The number of rotatable bonds is 6. The predicted molar refractivity (Wildman–Crippen MR) is 105 cm³/mol. The Morgan fingerprint density at radius 2 is 1.79 bits per heavy atom. The molecule has 1 aliphatic heterocycles. The van der Waals surface area contributed by atoms with E-state index in [9.17, 15) is 23.4 Å². The molecule has 2 unspecified atom stereocenters. The maximum Gasteiger partial charge on any atom is 0.317 e. The topological polar surface area (TPSA) is 125 Å². The van der Waals surface area contributed by atoms with Crippen LogP contribution in [-0.2, 0) is 14.6 Å². The number of aliphatic hydroxyl groups excluding tert-OH is 2. The van der Waals surface area contributed by atoms with Crippen LogP contribution in [-0.4, -0.2) is 87.5 Å². The first-order valence-corrected chi connectivity index (χ1v) is 11.5. The number of hydrogen-bond acceptors (Lipinski definition) is 7. The summed E-state index contributed by atoms with van der Waals surface area (Å²) in [5, 5.41) is 23.0. The molecule has 9 nitrogen and oxygen atoms in total. The zero-order valence-electron chi connectivity index (χ0n) is 16.4. The molecule has 3 rings (SSSR count). The number of aliphatic hydroxyl groups is 2. The fourth-order valence-corrected chi connectivity index (χ4v) is 4.35. The summed E-state index contributed by atoms with van der Waals surface area (Å²) in [7, 11) is -3.29. The number of morpholine rings is 1. The van der Waals surface area contributed by atoms with E-state index < -0.39 is 27.5 Å². The van der Waals surface area contributed by atoms with Gasteiger partial charge in [0.15, 0.2) is 9.84 Å². The number of ether oxygens (including phenoxy) is 2. The van der Waals surface area contributed by atoms with Crippen LogP contribution in [0.4, 0.5) is 4.79 Å². The number of benzene rings is 1. The van der Waals surface area contributed by atoms with Crippen molar-refractivity contribution in [3.8, 4) is 5.75 Å². The molecule has 29 heavy (non-hydrogen) atoms. The van der Waals surface area contributed by atoms with Gasteiger partial charge >= 0.3 is 6.03 Å². The summed E-state index contributed by atoms with van der Waals surface area (Å²) in [4.78, 5) is 14.3. The van der Waals surface area contributed by atoms with Crippen molar-refractivity contribution in [2.75, 3.05) is 45.7 Å². The smallest absolute Gasteiger partial charge is 0.317 e. The molecule has 1 saturated heterocycles. The Kier molecular flexibility index (Phi) is 6.67. The molecule has 0 bridgehead atoms. The lowest BCUT2D eigenvalue weighted by molar-refractivity contribution is 0.0438. The maximum atomic E-state index is 12.4. The lowest BCUT2D eigenvalue weighted by Gasteiger charge is -2.32. The quantitative estimate of drug-likeness (QED) is 0.583. The van der Waals surface area contributed by atoms with Gasteiger partial charge in [-0.05, 0) is 37.1 Å². The highest BCUT2D eigenvalue weighted by atomic mass is 32.2. The Labute approximate surface area is 170 Å². The van der Waals surface area contributed by atoms with Gasteiger partial charge in [-0.2, -0.15) is 0 Å². The normalized spacial score (nSPS) is 27.6. The van der Waals surface area contributed by atoms with Crippen LogP contribution in [0.5, 0.6) is 5.75 Å². The van der Waals surface area contributed by atoms with Gasteiger partial charge in [0.1, 0.15) is 5.75 Å². The van der Waals surface area contributed by atoms with Crippen LogP contribution in [0.1, 0.15) is 12.8 Å². The van der Waals surface area contributed by atoms with Gasteiger partial charge in [-0.3, -0.25) is 0 Å². The third-order valence-corrected chi connectivity index (χ3v) is 6.57. The third kappa shape index (κ3) is 5.59. The Balaban J connectivity index is 1.63. The highest BCUT2D eigenvalue weighted by molar-refractivity contribution is 7.90. The lowest BCUT2D eigenvalue weighted by atomic mass is 9.86. The third-order valence-electron chi connectivity index (χ3n) is 5.44. The Bertz CT molecular complexity index is 796. The van der Waals surface area contributed by atoms with Crippen LogP contribution in [0.25, 0.3) is 0 Å². The van der Waals surface area contributed by atoms with Crippen molar-refractivity contribution in [1.82, 2.24) is 10.2 Å². The molecule has 2 aliphatic rings. The monoisotopic (exact) mass is 428 g/mol. The largest absolute Gasteiger partial charge is 0.493 e. The molecule has 2 atom stereocenters. The van der Waals surface area contributed by atoms with E-state index in [-0.39, 0.29) is 24.1 Å². The Hall–Kier alpha value is -1.88. The minimum absolute atomic E-state index is 0.169. The number of hydrogen-bond donors (Lipinski definition) is 3. The predicted octanol–water partition coefficient (Wildman–Crippen LogP) is 0.0127. The van der Waals surface area contributed by atoms with Crippen molar-refractivity contribution < 1.29 is 32.9 Å². The van der Waals surface area contributed by atoms with Crippen LogP contribution in [0.3, 0.4) is 0 Å². The summed E-state index contributed by atoms with van der Waals surface area (Å²) in [6.45, 7) is 2.47. The number of nitrogens with one attached hydrogen (secondary N) is 1. The first kappa shape index (κ1) is 21.8. The zero-order chi connectivity index (χ0) is 21.1. The number of amides is 2. The van der Waals surface area contributed by atoms with Gasteiger partial charge in [0.05, 0.1) is 36.9 Å². The van der Waals surface area contributed by atoms with Crippen molar-refractivity contribution in [2.24, 2.45) is 5.41 Å². The highest BCUT2D eigenvalue weighted by Gasteiger charge is 2.45. The van der Waals surface area contributed by atoms with Crippen molar-refractivity contribution in [3.63, 3.8) is 0 Å². The van der Waals surface area contributed by atoms with Gasteiger partial charge in [-0.25, -0.2) is 13.2 Å². The van der Waals surface area contributed by atoms with Gasteiger partial charge in [0.2, 0.25) is 0 Å². The van der Waals surface area contributed by atoms with Gasteiger partial charge in [-0.15, -0.1) is 0 Å². The molecule has 1 heterocycles. The summed E-state index contributed by atoms with van der Waals surface area (Å²) in [5.74, 6) is 0.479. The summed E-state index contributed by atoms with van der Waals surface area (Å²) < 4.78 is 34.2. The molecule has 3 N–H and O–H groups in total. The summed E-state index contributed by atoms with van der Waals surface area (Å²) >= 11 is 0. The van der Waals surface area contributed by atoms with Crippen molar-refractivity contribution in [1.29, 1.82) is 0 Å². The molecule has 0 spiro atoms. The van der Waals surface area contributed by atoms with Crippen molar-refractivity contribution in [2.45, 2.75) is 29.9 Å². The molecule has 2 fully saturated rings. The van der Waals surface area contributed by atoms with Crippen LogP contribution in [0.15, 0.2) is 29.2 Å². The van der Waals surface area contributed by atoms with Crippen molar-refractivity contribution in [3.05, 3.63) is 24.3 Å². The minimum atomic E-state index is -3.29. The van der Waals surface area contributed by atoms with Gasteiger partial charge in [-0.1, -0.05) is 0 Å². The van der Waals surface area contributed by atoms with E-state index in [0.29, 0.717) is 44.9 Å². The summed E-state index contributed by atoms with van der Waals surface area (Å²) in [5.41, 5.74) is -0.629. The second-order valence-corrected chi connectivity index (χ2v) is 9.85. The lowest BCUT2D eigenvalue weighted by Crippen LogP contribution is -2.49. The van der Waals surface area contributed by atoms with E-state index in [1.807, 2.05) is 0 Å². The molecule has 1 saturated carbocycles. The first-order chi connectivity index (χ1) is 13.7. The molecule has 1 aromatic carbocycles. The van der Waals surface area contributed by atoms with Crippen LogP contribution < -0.4 is 10.1 Å². The van der Waals surface area contributed by atoms with E-state index in [4.69, 9.17) is 9.47 Å². The fourth-order valence-electron chi connectivity index (χ4n) is 3.72. The van der Waals surface area contributed by atoms with Crippen LogP contribution in [0.2, 0.25) is 0 Å². The van der Waals surface area contributed by atoms with Gasteiger partial charge in [0.25, 0.3) is 0 Å². The molecular weight excluding hydrogens is 400 g/mol. The summed E-state index contributed by atoms with van der Waals surface area (Å²) in [6, 6.07) is 5.86. The molecule has 162 valence electrons. The standard InChI is InChI=1S/C19H28N2O7S/c1-29(25,26)15-4-2-14(3-5-15)28-13-19(10-16(22)17(23)11-19)12-20-18(24)21-6-8-27-9-7-21/h2-5,16-17,22-23H,6-13H2,1H3,(H,20,24). The van der Waals surface area contributed by atoms with Gasteiger partial charge < -0.3 is 29.9 Å². The maximum absolute atomic E-state index is 12.4. The summed E-state index contributed by atoms with van der Waals surface area (Å²) in [6.07, 6.45) is -0.0492. The zero-order valence-corrected chi connectivity index (χ0v) is 17.2. The number of nitrogens with zero attached hydrogens (tertiary/aromatic N) is 1. The first-order valence-electron chi connectivity index (χ1n) is 9.58. The number of urea groups is 1. The molecule has 0 radical (unpaired) electrons. The highest BCUT2D eigenvalue weighted by Crippen LogP contribution is 2.38. The van der Waals surface area contributed by atoms with E-state index in [2.05, 4.69) is 5.32 Å². The number of sulfone groups is 1. The average molecular weight is 429 g/mol. The molecule has 2 amide bonds. The molecule has 1 aromatic rings. The molecule has 0 aromatic heterocycles. The van der Waals surface area contributed by atoms with E-state index in [0.717, 1.165) is 6.26 Å². The van der Waals surface area contributed by atoms with E-state index >= 15 is 0 Å². The second-order valence-electron chi connectivity index (χ2n) is 7.83. The molecule has 1 aliphatic carbocycles. The van der Waals surface area contributed by atoms with E-state index in [1.165, 1.54) is 12.1 Å². The molecular formula is C19H28N2O7S. The van der Waals surface area contributed by atoms with Crippen LogP contribution in [0, 0.1) is 5.41 Å². The Morgan fingerprint density at radius 1 is 1.21 bits per heavy atom. The fraction of sp³-hybridized carbons (Fsp3) is 0.632. The number of carbonyl (C=O) groups excluding carboxylic acids is 1. The number of carbonyl (C=O) groups is 1. The SMILES string of the molecule is CS(=O)(=O)c1ccc(OCC2(CNC(=O)N3CCOCC3)CC(O)C(O)C2)cc1. The van der Waals surface area contributed by atoms with Crippen molar-refractivity contribution >= 4 is 15.9 Å². The van der Waals surface area contributed by atoms with Gasteiger partial charge in [0, 0.05) is 31.3 Å². The Morgan fingerprint density at radius 3 is 2.34 bits per heavy atom.